The van der Waals surface area contributed by atoms with Crippen LogP contribution >= 0.6 is 28.3 Å². The number of rotatable bonds is 2. The third-order valence-corrected chi connectivity index (χ3v) is 6.09. The molecule has 108 valence electrons. The molecule has 0 unspecified atom stereocenters. The van der Waals surface area contributed by atoms with Crippen molar-refractivity contribution in [1.29, 1.82) is 0 Å². The molecule has 0 rings (SSSR count). The zero-order chi connectivity index (χ0) is 14.3. The van der Waals surface area contributed by atoms with E-state index in [4.69, 9.17) is 20.4 Å². The quantitative estimate of drug-likeness (QED) is 0.309. The molecule has 0 aliphatic carbocycles. The summed E-state index contributed by atoms with van der Waals surface area (Å²) in [5.41, 5.74) is 1.45. The van der Waals surface area contributed by atoms with E-state index in [1.54, 1.807) is 0 Å². The molecule has 0 aliphatic rings. The Labute approximate surface area is 124 Å². The minimum absolute atomic E-state index is 0.0484. The van der Waals surface area contributed by atoms with E-state index in [9.17, 15) is 0 Å². The van der Waals surface area contributed by atoms with Crippen molar-refractivity contribution in [3.8, 4) is 0 Å². The fourth-order valence-electron chi connectivity index (χ4n) is 1.83. The van der Waals surface area contributed by atoms with Crippen LogP contribution in [0, 0.1) is 0 Å². The van der Waals surface area contributed by atoms with Crippen molar-refractivity contribution < 1.29 is 12.7 Å². The molecule has 0 bridgehead atoms. The third-order valence-electron chi connectivity index (χ3n) is 2.30. The van der Waals surface area contributed by atoms with Crippen LogP contribution in [-0.4, -0.2) is 16.5 Å². The van der Waals surface area contributed by atoms with E-state index in [2.05, 4.69) is 61.5 Å². The maximum absolute atomic E-state index is 4.70. The van der Waals surface area contributed by atoms with Crippen molar-refractivity contribution in [3.05, 3.63) is 11.6 Å². The molecule has 0 spiro atoms. The maximum atomic E-state index is 4.70. The molecule has 0 N–H and O–H groups in total. The molecule has 0 atom stereocenters. The molecule has 0 saturated heterocycles. The first-order valence-electron chi connectivity index (χ1n) is 5.70. The van der Waals surface area contributed by atoms with Crippen LogP contribution in [0.4, 0.5) is 0 Å². The molecular formula is C13H27Cl2NiP. The first-order chi connectivity index (χ1) is 7.46. The molecule has 0 aromatic heterocycles. The zero-order valence-corrected chi connectivity index (χ0v) is 15.7. The van der Waals surface area contributed by atoms with Crippen LogP contribution in [0.1, 0.15) is 55.4 Å². The van der Waals surface area contributed by atoms with Gasteiger partial charge in [0.15, 0.2) is 0 Å². The predicted octanol–water partition coefficient (Wildman–Crippen LogP) is 6.41. The Bertz CT molecular complexity index is 209. The SMILES string of the molecule is CC(C)=CCP(C(C)(C)C)C(C)(C)C.[Cl][Ni][Cl]. The molecule has 0 fully saturated rings. The predicted molar refractivity (Wildman–Crippen MR) is 82.4 cm³/mol. The molecular weight excluding hydrogens is 317 g/mol. The second-order valence-corrected chi connectivity index (χ2v) is 11.8. The molecule has 0 aromatic carbocycles. The van der Waals surface area contributed by atoms with Gasteiger partial charge in [-0.05, 0) is 30.3 Å². The summed E-state index contributed by atoms with van der Waals surface area (Å²) in [5.74, 6) is 0. The van der Waals surface area contributed by atoms with Gasteiger partial charge in [-0.3, -0.25) is 0 Å². The van der Waals surface area contributed by atoms with E-state index >= 15 is 0 Å². The van der Waals surface area contributed by atoms with Crippen LogP contribution in [-0.2, 0) is 12.7 Å². The van der Waals surface area contributed by atoms with Gasteiger partial charge >= 0.3 is 33.0 Å². The second-order valence-electron chi connectivity index (χ2n) is 6.28. The Morgan fingerprint density at radius 3 is 1.47 bits per heavy atom. The molecule has 0 saturated carbocycles. The van der Waals surface area contributed by atoms with E-state index in [0.29, 0.717) is 23.0 Å². The average molecular weight is 344 g/mol. The van der Waals surface area contributed by atoms with E-state index in [1.165, 1.54) is 11.7 Å². The van der Waals surface area contributed by atoms with Gasteiger partial charge in [-0.2, -0.15) is 0 Å². The van der Waals surface area contributed by atoms with Crippen LogP contribution in [0.15, 0.2) is 11.6 Å². The number of hydrogen-bond donors (Lipinski definition) is 0. The summed E-state index contributed by atoms with van der Waals surface area (Å²) in [5, 5.41) is 0.916. The van der Waals surface area contributed by atoms with Crippen LogP contribution < -0.4 is 0 Å². The van der Waals surface area contributed by atoms with Crippen molar-refractivity contribution in [1.82, 2.24) is 0 Å². The summed E-state index contributed by atoms with van der Waals surface area (Å²) in [4.78, 5) is 0. The first kappa shape index (κ1) is 20.6. The fraction of sp³-hybridized carbons (Fsp3) is 0.846. The van der Waals surface area contributed by atoms with Gasteiger partial charge in [0.25, 0.3) is 0 Å². The summed E-state index contributed by atoms with van der Waals surface area (Å²) >= 11 is 0.569. The number of hydrogen-bond acceptors (Lipinski definition) is 0. The molecule has 17 heavy (non-hydrogen) atoms. The zero-order valence-electron chi connectivity index (χ0n) is 12.3. The molecule has 0 aromatic rings. The van der Waals surface area contributed by atoms with Gasteiger partial charge < -0.3 is 0 Å². The third kappa shape index (κ3) is 12.0. The molecule has 0 radical (unpaired) electrons. The van der Waals surface area contributed by atoms with Crippen molar-refractivity contribution in [3.63, 3.8) is 0 Å². The summed E-state index contributed by atoms with van der Waals surface area (Å²) in [7, 11) is 9.45. The monoisotopic (exact) mass is 342 g/mol. The molecule has 0 nitrogen and oxygen atoms in total. The van der Waals surface area contributed by atoms with Crippen LogP contribution in [0.3, 0.4) is 0 Å². The Balaban J connectivity index is 0. The minimum atomic E-state index is 0.0484. The Hall–Kier alpha value is 1.24. The van der Waals surface area contributed by atoms with Crippen molar-refractivity contribution >= 4 is 28.3 Å². The average Bonchev–Trinajstić information content (AvgIpc) is 1.98. The van der Waals surface area contributed by atoms with Crippen LogP contribution in [0.25, 0.3) is 0 Å². The van der Waals surface area contributed by atoms with Crippen LogP contribution in [0.5, 0.6) is 0 Å². The number of allylic oxidation sites excluding steroid dienone is 2. The molecule has 0 aliphatic heterocycles. The van der Waals surface area contributed by atoms with Gasteiger partial charge in [0.2, 0.25) is 0 Å². The second kappa shape index (κ2) is 9.20. The van der Waals surface area contributed by atoms with Crippen molar-refractivity contribution in [2.24, 2.45) is 0 Å². The normalized spacial score (nSPS) is 12.2. The fourth-order valence-corrected chi connectivity index (χ4v) is 5.48. The van der Waals surface area contributed by atoms with Crippen LogP contribution in [0.2, 0.25) is 0 Å². The van der Waals surface area contributed by atoms with E-state index in [-0.39, 0.29) is 7.92 Å². The molecule has 0 heterocycles. The van der Waals surface area contributed by atoms with Gasteiger partial charge in [-0.15, -0.1) is 0 Å². The summed E-state index contributed by atoms with van der Waals surface area (Å²) < 4.78 is 0. The van der Waals surface area contributed by atoms with E-state index < -0.39 is 0 Å². The topological polar surface area (TPSA) is 0 Å². The number of halogens is 2. The standard InChI is InChI=1S/C13H27P.2ClH.Ni/c1-11(2)9-10-14(12(3,4)5)13(6,7)8;;;/h9H,10H2,1-8H3;2*1H;/q;;;+2/p-2. The van der Waals surface area contributed by atoms with Gasteiger partial charge in [0.1, 0.15) is 0 Å². The van der Waals surface area contributed by atoms with E-state index in [0.717, 1.165) is 0 Å². The Morgan fingerprint density at radius 1 is 1.00 bits per heavy atom. The van der Waals surface area contributed by atoms with Gasteiger partial charge in [-0.25, -0.2) is 0 Å². The summed E-state index contributed by atoms with van der Waals surface area (Å²) in [6.07, 6.45) is 3.67. The van der Waals surface area contributed by atoms with E-state index in [1.807, 2.05) is 0 Å². The van der Waals surface area contributed by atoms with Gasteiger partial charge in [0, 0.05) is 0 Å². The van der Waals surface area contributed by atoms with Crippen molar-refractivity contribution in [2.45, 2.75) is 65.7 Å². The summed E-state index contributed by atoms with van der Waals surface area (Å²) in [6.45, 7) is 18.7. The first-order valence-corrected chi connectivity index (χ1v) is 9.94. The van der Waals surface area contributed by atoms with Gasteiger partial charge in [-0.1, -0.05) is 61.1 Å². The Kier molecular flexibility index (Phi) is 11.1. The molecule has 0 amide bonds. The Morgan fingerprint density at radius 2 is 1.29 bits per heavy atom. The molecule has 4 heteroatoms. The van der Waals surface area contributed by atoms with Gasteiger partial charge in [0.05, 0.1) is 0 Å². The van der Waals surface area contributed by atoms with Crippen molar-refractivity contribution in [2.75, 3.05) is 6.16 Å². The summed E-state index contributed by atoms with van der Waals surface area (Å²) in [6, 6.07) is 0.